The fourth-order valence-electron chi connectivity index (χ4n) is 2.19. The quantitative estimate of drug-likeness (QED) is 0.742. The van der Waals surface area contributed by atoms with E-state index >= 15 is 0 Å². The standard InChI is InChI=1S/C16H23N5O2/c1-4-21-13-7-12(6-5-11(13)8-19-21)20-14(22)9-18-16(23)15(17)10(2)3/h5-8,10,15H,4,9,17H2,1-3H3,(H,18,23)(H,20,22)/t15-/m0/s1. The van der Waals surface area contributed by atoms with Crippen LogP contribution < -0.4 is 16.4 Å². The third kappa shape index (κ3) is 4.07. The number of anilines is 1. The van der Waals surface area contributed by atoms with Gasteiger partial charge in [-0.3, -0.25) is 14.3 Å². The van der Waals surface area contributed by atoms with Gasteiger partial charge in [-0.15, -0.1) is 0 Å². The Labute approximate surface area is 135 Å². The predicted octanol–water partition coefficient (Wildman–Crippen LogP) is 1.09. The number of carbonyl (C=O) groups is 2. The van der Waals surface area contributed by atoms with Crippen LogP contribution in [0.15, 0.2) is 24.4 Å². The summed E-state index contributed by atoms with van der Waals surface area (Å²) < 4.78 is 1.86. The van der Waals surface area contributed by atoms with Gasteiger partial charge in [0.25, 0.3) is 0 Å². The number of nitrogens with zero attached hydrogens (tertiary/aromatic N) is 2. The summed E-state index contributed by atoms with van der Waals surface area (Å²) in [5, 5.41) is 10.6. The highest BCUT2D eigenvalue weighted by molar-refractivity contribution is 5.96. The first kappa shape index (κ1) is 17.0. The van der Waals surface area contributed by atoms with Gasteiger partial charge in [-0.2, -0.15) is 5.10 Å². The van der Waals surface area contributed by atoms with Crippen molar-refractivity contribution in [3.63, 3.8) is 0 Å². The minimum absolute atomic E-state index is 0.0230. The molecule has 0 radical (unpaired) electrons. The van der Waals surface area contributed by atoms with Gasteiger partial charge >= 0.3 is 0 Å². The van der Waals surface area contributed by atoms with Crippen LogP contribution in [0, 0.1) is 5.92 Å². The molecule has 1 aromatic carbocycles. The second-order valence-corrected chi connectivity index (χ2v) is 5.77. The first-order valence-electron chi connectivity index (χ1n) is 7.71. The minimum Gasteiger partial charge on any atom is -0.346 e. The topological polar surface area (TPSA) is 102 Å². The van der Waals surface area contributed by atoms with E-state index in [-0.39, 0.29) is 24.3 Å². The lowest BCUT2D eigenvalue weighted by Crippen LogP contribution is -2.46. The molecule has 1 atom stereocenters. The maximum atomic E-state index is 11.9. The molecule has 0 aliphatic heterocycles. The van der Waals surface area contributed by atoms with Crippen LogP contribution in [0.4, 0.5) is 5.69 Å². The van der Waals surface area contributed by atoms with Crippen LogP contribution in [-0.4, -0.2) is 34.2 Å². The van der Waals surface area contributed by atoms with Crippen molar-refractivity contribution in [3.8, 4) is 0 Å². The fourth-order valence-corrected chi connectivity index (χ4v) is 2.19. The third-order valence-electron chi connectivity index (χ3n) is 3.67. The summed E-state index contributed by atoms with van der Waals surface area (Å²) in [6.45, 7) is 6.37. The second-order valence-electron chi connectivity index (χ2n) is 5.77. The van der Waals surface area contributed by atoms with Crippen LogP contribution in [0.3, 0.4) is 0 Å². The number of nitrogens with one attached hydrogen (secondary N) is 2. The zero-order chi connectivity index (χ0) is 17.0. The molecule has 124 valence electrons. The van der Waals surface area contributed by atoms with Gasteiger partial charge in [0, 0.05) is 17.6 Å². The Kier molecular flexibility index (Phi) is 5.33. The van der Waals surface area contributed by atoms with Gasteiger partial charge in [0.05, 0.1) is 24.3 Å². The second kappa shape index (κ2) is 7.23. The van der Waals surface area contributed by atoms with E-state index in [0.717, 1.165) is 17.4 Å². The molecule has 2 aromatic rings. The van der Waals surface area contributed by atoms with Gasteiger partial charge in [-0.25, -0.2) is 0 Å². The molecule has 0 fully saturated rings. The average molecular weight is 317 g/mol. The van der Waals surface area contributed by atoms with Gasteiger partial charge < -0.3 is 16.4 Å². The largest absolute Gasteiger partial charge is 0.346 e. The number of rotatable bonds is 6. The molecule has 0 aliphatic carbocycles. The molecular formula is C16H23N5O2. The van der Waals surface area contributed by atoms with E-state index in [0.29, 0.717) is 5.69 Å². The summed E-state index contributed by atoms with van der Waals surface area (Å²) in [6.07, 6.45) is 1.79. The molecular weight excluding hydrogens is 294 g/mol. The highest BCUT2D eigenvalue weighted by atomic mass is 16.2. The molecule has 0 aliphatic rings. The first-order valence-corrected chi connectivity index (χ1v) is 7.71. The zero-order valence-corrected chi connectivity index (χ0v) is 13.7. The van der Waals surface area contributed by atoms with Crippen molar-refractivity contribution in [2.75, 3.05) is 11.9 Å². The van der Waals surface area contributed by atoms with E-state index in [4.69, 9.17) is 5.73 Å². The Bertz CT molecular complexity index is 708. The van der Waals surface area contributed by atoms with E-state index in [1.807, 2.05) is 43.7 Å². The molecule has 4 N–H and O–H groups in total. The van der Waals surface area contributed by atoms with Gasteiger partial charge in [0.1, 0.15) is 0 Å². The van der Waals surface area contributed by atoms with Gasteiger partial charge in [-0.1, -0.05) is 13.8 Å². The van der Waals surface area contributed by atoms with E-state index in [9.17, 15) is 9.59 Å². The Morgan fingerprint density at radius 1 is 1.35 bits per heavy atom. The Hall–Kier alpha value is -2.41. The van der Waals surface area contributed by atoms with Crippen molar-refractivity contribution >= 4 is 28.4 Å². The number of nitrogens with two attached hydrogens (primary N) is 1. The van der Waals surface area contributed by atoms with Crippen molar-refractivity contribution in [1.29, 1.82) is 0 Å². The van der Waals surface area contributed by atoms with E-state index < -0.39 is 6.04 Å². The molecule has 7 heteroatoms. The predicted molar refractivity (Wildman–Crippen MR) is 89.9 cm³/mol. The summed E-state index contributed by atoms with van der Waals surface area (Å²) in [7, 11) is 0. The van der Waals surface area contributed by atoms with Gasteiger partial charge in [-0.05, 0) is 31.0 Å². The molecule has 0 unspecified atom stereocenters. The molecule has 23 heavy (non-hydrogen) atoms. The normalized spacial score (nSPS) is 12.4. The zero-order valence-electron chi connectivity index (χ0n) is 13.7. The Morgan fingerprint density at radius 2 is 2.09 bits per heavy atom. The number of benzene rings is 1. The molecule has 2 amide bonds. The van der Waals surface area contributed by atoms with Crippen molar-refractivity contribution in [2.24, 2.45) is 11.7 Å². The highest BCUT2D eigenvalue weighted by Crippen LogP contribution is 2.18. The van der Waals surface area contributed by atoms with Crippen LogP contribution in [0.25, 0.3) is 10.9 Å². The average Bonchev–Trinajstić information content (AvgIpc) is 2.94. The van der Waals surface area contributed by atoms with Crippen molar-refractivity contribution in [1.82, 2.24) is 15.1 Å². The van der Waals surface area contributed by atoms with E-state index in [1.165, 1.54) is 0 Å². The van der Waals surface area contributed by atoms with Crippen LogP contribution in [0.1, 0.15) is 20.8 Å². The van der Waals surface area contributed by atoms with Gasteiger partial charge in [0.15, 0.2) is 0 Å². The molecule has 0 saturated heterocycles. The Morgan fingerprint density at radius 3 is 2.74 bits per heavy atom. The van der Waals surface area contributed by atoms with Crippen molar-refractivity contribution < 1.29 is 9.59 Å². The molecule has 0 saturated carbocycles. The number of amides is 2. The summed E-state index contributed by atoms with van der Waals surface area (Å²) in [4.78, 5) is 23.7. The van der Waals surface area contributed by atoms with Crippen molar-refractivity contribution in [3.05, 3.63) is 24.4 Å². The monoisotopic (exact) mass is 317 g/mol. The lowest BCUT2D eigenvalue weighted by molar-refractivity contribution is -0.125. The van der Waals surface area contributed by atoms with Crippen LogP contribution in [0.5, 0.6) is 0 Å². The summed E-state index contributed by atoms with van der Waals surface area (Å²) in [5.41, 5.74) is 7.35. The molecule has 1 heterocycles. The third-order valence-corrected chi connectivity index (χ3v) is 3.67. The lowest BCUT2D eigenvalue weighted by Gasteiger charge is -2.15. The Balaban J connectivity index is 1.96. The summed E-state index contributed by atoms with van der Waals surface area (Å²) in [6, 6.07) is 4.96. The molecule has 7 nitrogen and oxygen atoms in total. The number of aryl methyl sites for hydroxylation is 1. The number of carbonyl (C=O) groups excluding carboxylic acids is 2. The number of fused-ring (bicyclic) bond motifs is 1. The fraction of sp³-hybridized carbons (Fsp3) is 0.438. The van der Waals surface area contributed by atoms with Crippen LogP contribution in [-0.2, 0) is 16.1 Å². The van der Waals surface area contributed by atoms with E-state index in [1.54, 1.807) is 6.20 Å². The lowest BCUT2D eigenvalue weighted by atomic mass is 10.1. The molecule has 1 aromatic heterocycles. The number of hydrogen-bond acceptors (Lipinski definition) is 4. The maximum Gasteiger partial charge on any atom is 0.243 e. The van der Waals surface area contributed by atoms with Crippen LogP contribution >= 0.6 is 0 Å². The highest BCUT2D eigenvalue weighted by Gasteiger charge is 2.17. The maximum absolute atomic E-state index is 11.9. The molecule has 0 bridgehead atoms. The molecule has 2 rings (SSSR count). The molecule has 0 spiro atoms. The smallest absolute Gasteiger partial charge is 0.243 e. The first-order chi connectivity index (χ1) is 10.9. The van der Waals surface area contributed by atoms with Crippen molar-refractivity contribution in [2.45, 2.75) is 33.4 Å². The SMILES string of the molecule is CCn1ncc2ccc(NC(=O)CNC(=O)[C@@H](N)C(C)C)cc21. The minimum atomic E-state index is -0.613. The summed E-state index contributed by atoms with van der Waals surface area (Å²) in [5.74, 6) is -0.597. The van der Waals surface area contributed by atoms with Gasteiger partial charge in [0.2, 0.25) is 11.8 Å². The number of hydrogen-bond donors (Lipinski definition) is 3. The number of aromatic nitrogens is 2. The van der Waals surface area contributed by atoms with E-state index in [2.05, 4.69) is 15.7 Å². The van der Waals surface area contributed by atoms with Crippen LogP contribution in [0.2, 0.25) is 0 Å². The summed E-state index contributed by atoms with van der Waals surface area (Å²) >= 11 is 0.